The number of benzene rings is 2. The zero-order valence-corrected chi connectivity index (χ0v) is 16.1. The van der Waals surface area contributed by atoms with Crippen molar-refractivity contribution in [3.63, 3.8) is 0 Å². The second kappa shape index (κ2) is 7.92. The van der Waals surface area contributed by atoms with Crippen LogP contribution in [-0.4, -0.2) is 50.0 Å². The molecule has 1 saturated carbocycles. The van der Waals surface area contributed by atoms with Gasteiger partial charge in [0.05, 0.1) is 7.11 Å². The lowest BCUT2D eigenvalue weighted by molar-refractivity contribution is -0.117. The third-order valence-electron chi connectivity index (χ3n) is 5.33. The quantitative estimate of drug-likeness (QED) is 0.868. The Hall–Kier alpha value is -3.02. The molecule has 6 heteroatoms. The maximum Gasteiger partial charge on any atom is 0.253 e. The van der Waals surface area contributed by atoms with Gasteiger partial charge in [-0.25, -0.2) is 0 Å². The molecule has 0 radical (unpaired) electrons. The Balaban J connectivity index is 1.33. The van der Waals surface area contributed by atoms with Crippen LogP contribution in [0.5, 0.6) is 5.75 Å². The van der Waals surface area contributed by atoms with Crippen LogP contribution in [0.15, 0.2) is 48.5 Å². The number of nitrogens with zero attached hydrogens (tertiary/aromatic N) is 2. The molecule has 6 nitrogen and oxygen atoms in total. The fourth-order valence-corrected chi connectivity index (χ4v) is 3.44. The number of anilines is 2. The Morgan fingerprint density at radius 3 is 2.36 bits per heavy atom. The molecule has 2 aromatic rings. The Morgan fingerprint density at radius 1 is 1.00 bits per heavy atom. The van der Waals surface area contributed by atoms with E-state index in [-0.39, 0.29) is 17.7 Å². The molecular weight excluding hydrogens is 354 g/mol. The predicted molar refractivity (Wildman–Crippen MR) is 109 cm³/mol. The first-order chi connectivity index (χ1) is 13.6. The molecule has 28 heavy (non-hydrogen) atoms. The van der Waals surface area contributed by atoms with E-state index in [2.05, 4.69) is 16.3 Å². The van der Waals surface area contributed by atoms with Crippen LogP contribution in [0.1, 0.15) is 23.2 Å². The van der Waals surface area contributed by atoms with E-state index in [1.165, 1.54) is 0 Å². The van der Waals surface area contributed by atoms with E-state index in [9.17, 15) is 9.59 Å². The van der Waals surface area contributed by atoms with Crippen molar-refractivity contribution >= 4 is 23.2 Å². The lowest BCUT2D eigenvalue weighted by atomic mass is 10.1. The maximum atomic E-state index is 12.8. The van der Waals surface area contributed by atoms with Gasteiger partial charge in [0.25, 0.3) is 5.91 Å². The Bertz CT molecular complexity index is 854. The smallest absolute Gasteiger partial charge is 0.253 e. The minimum Gasteiger partial charge on any atom is -0.497 e. The summed E-state index contributed by atoms with van der Waals surface area (Å²) in [6.07, 6.45) is 1.95. The summed E-state index contributed by atoms with van der Waals surface area (Å²) in [6.45, 7) is 2.93. The molecule has 1 aliphatic heterocycles. The summed E-state index contributed by atoms with van der Waals surface area (Å²) in [4.78, 5) is 28.8. The standard InChI is InChI=1S/C22H25N3O3/c1-28-20-4-2-3-19(15-20)24-11-13-25(14-12-24)22(27)17-7-9-18(10-8-17)23-21(26)16-5-6-16/h2-4,7-10,15-16H,5-6,11-14H2,1H3,(H,23,26). The van der Waals surface area contributed by atoms with Gasteiger partial charge in [-0.05, 0) is 49.2 Å². The normalized spacial score (nSPS) is 16.6. The zero-order chi connectivity index (χ0) is 19.5. The molecule has 4 rings (SSSR count). The number of ether oxygens (including phenoxy) is 1. The number of hydrogen-bond donors (Lipinski definition) is 1. The third-order valence-corrected chi connectivity index (χ3v) is 5.33. The van der Waals surface area contributed by atoms with Crippen LogP contribution in [-0.2, 0) is 4.79 Å². The molecular formula is C22H25N3O3. The van der Waals surface area contributed by atoms with E-state index in [0.717, 1.165) is 43.1 Å². The minimum atomic E-state index is 0.0327. The van der Waals surface area contributed by atoms with Crippen LogP contribution < -0.4 is 15.0 Å². The van der Waals surface area contributed by atoms with Crippen molar-refractivity contribution < 1.29 is 14.3 Å². The zero-order valence-electron chi connectivity index (χ0n) is 16.1. The van der Waals surface area contributed by atoms with E-state index in [0.29, 0.717) is 18.7 Å². The minimum absolute atomic E-state index is 0.0327. The first-order valence-electron chi connectivity index (χ1n) is 9.73. The predicted octanol–water partition coefficient (Wildman–Crippen LogP) is 3.01. The van der Waals surface area contributed by atoms with Crippen LogP contribution in [0, 0.1) is 5.92 Å². The van der Waals surface area contributed by atoms with Crippen molar-refractivity contribution in [3.8, 4) is 5.75 Å². The summed E-state index contributed by atoms with van der Waals surface area (Å²) in [5.41, 5.74) is 2.51. The molecule has 2 fully saturated rings. The van der Waals surface area contributed by atoms with E-state index in [1.807, 2.05) is 23.1 Å². The van der Waals surface area contributed by atoms with Crippen LogP contribution in [0.4, 0.5) is 11.4 Å². The van der Waals surface area contributed by atoms with Crippen LogP contribution in [0.25, 0.3) is 0 Å². The number of methoxy groups -OCH3 is 1. The molecule has 2 aliphatic rings. The van der Waals surface area contributed by atoms with Crippen molar-refractivity contribution in [1.29, 1.82) is 0 Å². The molecule has 2 amide bonds. The van der Waals surface area contributed by atoms with Gasteiger partial charge < -0.3 is 19.9 Å². The average Bonchev–Trinajstić information content (AvgIpc) is 3.59. The summed E-state index contributed by atoms with van der Waals surface area (Å²) in [7, 11) is 1.67. The molecule has 0 aromatic heterocycles. The molecule has 0 atom stereocenters. The highest BCUT2D eigenvalue weighted by Crippen LogP contribution is 2.30. The third kappa shape index (κ3) is 4.11. The topological polar surface area (TPSA) is 61.9 Å². The van der Waals surface area contributed by atoms with Crippen LogP contribution in [0.3, 0.4) is 0 Å². The van der Waals surface area contributed by atoms with E-state index in [1.54, 1.807) is 31.4 Å². The van der Waals surface area contributed by atoms with Crippen molar-refractivity contribution in [3.05, 3.63) is 54.1 Å². The van der Waals surface area contributed by atoms with Gasteiger partial charge >= 0.3 is 0 Å². The van der Waals surface area contributed by atoms with Gasteiger partial charge in [-0.3, -0.25) is 9.59 Å². The number of amides is 2. The first kappa shape index (κ1) is 18.3. The Kier molecular flexibility index (Phi) is 5.19. The Labute approximate surface area is 165 Å². The number of hydrogen-bond acceptors (Lipinski definition) is 4. The highest BCUT2D eigenvalue weighted by atomic mass is 16.5. The molecule has 0 unspecified atom stereocenters. The molecule has 1 aliphatic carbocycles. The van der Waals surface area contributed by atoms with Crippen LogP contribution >= 0.6 is 0 Å². The number of carbonyl (C=O) groups excluding carboxylic acids is 2. The molecule has 1 saturated heterocycles. The number of rotatable bonds is 5. The van der Waals surface area contributed by atoms with Crippen molar-refractivity contribution in [2.75, 3.05) is 43.5 Å². The van der Waals surface area contributed by atoms with Crippen molar-refractivity contribution in [2.24, 2.45) is 5.92 Å². The van der Waals surface area contributed by atoms with Crippen LogP contribution in [0.2, 0.25) is 0 Å². The summed E-state index contributed by atoms with van der Waals surface area (Å²) >= 11 is 0. The molecule has 1 N–H and O–H groups in total. The Morgan fingerprint density at radius 2 is 1.71 bits per heavy atom. The van der Waals surface area contributed by atoms with Gasteiger partial charge in [-0.15, -0.1) is 0 Å². The fraction of sp³-hybridized carbons (Fsp3) is 0.364. The first-order valence-corrected chi connectivity index (χ1v) is 9.73. The lowest BCUT2D eigenvalue weighted by Gasteiger charge is -2.36. The highest BCUT2D eigenvalue weighted by molar-refractivity contribution is 5.97. The highest BCUT2D eigenvalue weighted by Gasteiger charge is 2.29. The van der Waals surface area contributed by atoms with E-state index >= 15 is 0 Å². The van der Waals surface area contributed by atoms with Crippen molar-refractivity contribution in [2.45, 2.75) is 12.8 Å². The number of piperazine rings is 1. The SMILES string of the molecule is COc1cccc(N2CCN(C(=O)c3ccc(NC(=O)C4CC4)cc3)CC2)c1. The maximum absolute atomic E-state index is 12.8. The molecule has 2 aromatic carbocycles. The van der Waals surface area contributed by atoms with Gasteiger partial charge in [-0.1, -0.05) is 6.07 Å². The van der Waals surface area contributed by atoms with Gasteiger partial charge in [0, 0.05) is 55.1 Å². The monoisotopic (exact) mass is 379 g/mol. The van der Waals surface area contributed by atoms with E-state index < -0.39 is 0 Å². The van der Waals surface area contributed by atoms with Gasteiger partial charge in [0.2, 0.25) is 5.91 Å². The largest absolute Gasteiger partial charge is 0.497 e. The summed E-state index contributed by atoms with van der Waals surface area (Å²) < 4.78 is 5.30. The second-order valence-corrected chi connectivity index (χ2v) is 7.32. The summed E-state index contributed by atoms with van der Waals surface area (Å²) in [6, 6.07) is 15.2. The molecule has 146 valence electrons. The lowest BCUT2D eigenvalue weighted by Crippen LogP contribution is -2.48. The average molecular weight is 379 g/mol. The number of carbonyl (C=O) groups is 2. The van der Waals surface area contributed by atoms with Gasteiger partial charge in [0.1, 0.15) is 5.75 Å². The second-order valence-electron chi connectivity index (χ2n) is 7.32. The van der Waals surface area contributed by atoms with E-state index in [4.69, 9.17) is 4.74 Å². The number of nitrogens with one attached hydrogen (secondary N) is 1. The fourth-order valence-electron chi connectivity index (χ4n) is 3.44. The summed E-state index contributed by atoms with van der Waals surface area (Å²) in [5, 5.41) is 2.90. The molecule has 1 heterocycles. The van der Waals surface area contributed by atoms with Crippen molar-refractivity contribution in [1.82, 2.24) is 4.90 Å². The molecule has 0 spiro atoms. The summed E-state index contributed by atoms with van der Waals surface area (Å²) in [5.74, 6) is 1.12. The molecule has 0 bridgehead atoms. The van der Waals surface area contributed by atoms with Gasteiger partial charge in [-0.2, -0.15) is 0 Å². The van der Waals surface area contributed by atoms with Gasteiger partial charge in [0.15, 0.2) is 0 Å².